The van der Waals surface area contributed by atoms with Crippen LogP contribution in [0, 0.1) is 56.5 Å². The van der Waals surface area contributed by atoms with Gasteiger partial charge in [-0.3, -0.25) is 14.9 Å². The predicted octanol–water partition coefficient (Wildman–Crippen LogP) is 10.5. The molecule has 0 aromatic heterocycles. The number of benzene rings is 1. The molecule has 3 fully saturated rings. The van der Waals surface area contributed by atoms with E-state index in [9.17, 15) is 14.9 Å². The molecule has 0 radical (unpaired) electrons. The van der Waals surface area contributed by atoms with Crippen LogP contribution in [0.5, 0.6) is 5.75 Å². The molecule has 45 heavy (non-hydrogen) atoms. The summed E-state index contributed by atoms with van der Waals surface area (Å²) in [5.41, 5.74) is 2.43. The first-order valence-electron chi connectivity index (χ1n) is 18.3. The first-order valence-corrected chi connectivity index (χ1v) is 18.3. The van der Waals surface area contributed by atoms with Crippen molar-refractivity contribution >= 4 is 11.7 Å². The highest BCUT2D eigenvalue weighted by Crippen LogP contribution is 2.67. The molecule has 6 nitrogen and oxygen atoms in total. The summed E-state index contributed by atoms with van der Waals surface area (Å²) in [6.45, 7) is 13.0. The van der Waals surface area contributed by atoms with E-state index in [1.54, 1.807) is 17.7 Å². The Hall–Kier alpha value is -2.37. The van der Waals surface area contributed by atoms with Gasteiger partial charge in [0, 0.05) is 25.0 Å². The summed E-state index contributed by atoms with van der Waals surface area (Å²) in [7, 11) is 0. The Kier molecular flexibility index (Phi) is 11.0. The largest absolute Gasteiger partial charge is 0.494 e. The number of unbranched alkanes of at least 4 members (excludes halogenated alkanes) is 2. The van der Waals surface area contributed by atoms with Gasteiger partial charge in [0.15, 0.2) is 0 Å². The number of rotatable bonds is 14. The number of hydrogen-bond donors (Lipinski definition) is 0. The maximum Gasteiger partial charge on any atom is 0.306 e. The van der Waals surface area contributed by atoms with E-state index in [2.05, 4.69) is 40.7 Å². The third-order valence-electron chi connectivity index (χ3n) is 12.9. The molecule has 4 aliphatic rings. The normalized spacial score (nSPS) is 33.0. The zero-order valence-electron chi connectivity index (χ0n) is 28.7. The Morgan fingerprint density at radius 1 is 0.956 bits per heavy atom. The maximum atomic E-state index is 12.7. The quantitative estimate of drug-likeness (QED) is 0.0679. The average Bonchev–Trinajstić information content (AvgIpc) is 3.36. The van der Waals surface area contributed by atoms with Crippen LogP contribution in [0.25, 0.3) is 0 Å². The zero-order chi connectivity index (χ0) is 32.2. The van der Waals surface area contributed by atoms with Gasteiger partial charge in [-0.25, -0.2) is 0 Å². The fourth-order valence-electron chi connectivity index (χ4n) is 10.4. The summed E-state index contributed by atoms with van der Waals surface area (Å²) < 4.78 is 11.7. The van der Waals surface area contributed by atoms with Gasteiger partial charge >= 0.3 is 5.97 Å². The van der Waals surface area contributed by atoms with Gasteiger partial charge in [0.2, 0.25) is 0 Å². The topological polar surface area (TPSA) is 78.7 Å². The Labute approximate surface area is 272 Å². The van der Waals surface area contributed by atoms with Crippen LogP contribution >= 0.6 is 0 Å². The number of carbonyl (C=O) groups is 1. The second-order valence-corrected chi connectivity index (χ2v) is 16.1. The Morgan fingerprint density at radius 2 is 1.73 bits per heavy atom. The van der Waals surface area contributed by atoms with E-state index in [-0.39, 0.29) is 23.2 Å². The van der Waals surface area contributed by atoms with Crippen LogP contribution in [0.2, 0.25) is 0 Å². The van der Waals surface area contributed by atoms with E-state index in [4.69, 9.17) is 9.47 Å². The zero-order valence-corrected chi connectivity index (χ0v) is 28.7. The molecule has 0 amide bonds. The monoisotopic (exact) mass is 621 g/mol. The molecular weight excluding hydrogens is 562 g/mol. The molecule has 0 aliphatic heterocycles. The highest BCUT2D eigenvalue weighted by molar-refractivity contribution is 5.69. The predicted molar refractivity (Wildman–Crippen MR) is 180 cm³/mol. The Balaban J connectivity index is 1.05. The van der Waals surface area contributed by atoms with E-state index >= 15 is 0 Å². The summed E-state index contributed by atoms with van der Waals surface area (Å²) >= 11 is 0. The second-order valence-electron chi connectivity index (χ2n) is 16.1. The van der Waals surface area contributed by atoms with E-state index in [0.29, 0.717) is 24.2 Å². The molecule has 0 unspecified atom stereocenters. The van der Waals surface area contributed by atoms with Gasteiger partial charge in [-0.2, -0.15) is 0 Å². The van der Waals surface area contributed by atoms with Crippen molar-refractivity contribution in [1.82, 2.24) is 0 Å². The highest BCUT2D eigenvalue weighted by atomic mass is 16.6. The minimum Gasteiger partial charge on any atom is -0.494 e. The number of non-ortho nitro benzene ring substituents is 1. The van der Waals surface area contributed by atoms with Gasteiger partial charge in [-0.1, -0.05) is 65.5 Å². The van der Waals surface area contributed by atoms with Gasteiger partial charge in [0.1, 0.15) is 11.9 Å². The summed E-state index contributed by atoms with van der Waals surface area (Å²) in [5, 5.41) is 10.8. The molecule has 1 aromatic carbocycles. The molecule has 250 valence electrons. The Bertz CT molecular complexity index is 1190. The van der Waals surface area contributed by atoms with Gasteiger partial charge < -0.3 is 9.47 Å². The van der Waals surface area contributed by atoms with Gasteiger partial charge in [-0.05, 0) is 123 Å². The van der Waals surface area contributed by atoms with Crippen LogP contribution in [0.1, 0.15) is 131 Å². The molecule has 0 N–H and O–H groups in total. The standard InChI is InChI=1S/C39H59NO5/c1-27(2)10-9-11-28(3)34-19-20-35-33-18-13-29-26-32(21-23-38(29,4)36(33)22-24-39(34,35)5)45-37(41)12-7-6-8-25-44-31-16-14-30(15-17-31)40(42)43/h13-17,27-28,32-36H,6-12,18-26H2,1-5H3/t28-,32+,33+,34-,35+,36+,38+,39-/m1/s1. The van der Waals surface area contributed by atoms with Crippen molar-refractivity contribution in [2.24, 2.45) is 46.3 Å². The number of fused-ring (bicyclic) bond motifs is 5. The second kappa shape index (κ2) is 14.6. The summed E-state index contributed by atoms with van der Waals surface area (Å²) in [6, 6.07) is 6.15. The SMILES string of the molecule is CC(C)CCC[C@@H](C)[C@H]1CC[C@H]2[C@@H]3CC=C4C[C@@H](OC(=O)CCCCCOc5ccc([N+](=O)[O-])cc5)CC[C@]4(C)[C@H]3CC[C@]12C. The van der Waals surface area contributed by atoms with E-state index in [1.807, 2.05) is 0 Å². The summed E-state index contributed by atoms with van der Waals surface area (Å²) in [5.74, 6) is 5.61. The third kappa shape index (κ3) is 7.62. The number of esters is 1. The number of nitro benzene ring substituents is 1. The van der Waals surface area contributed by atoms with Crippen LogP contribution in [0.4, 0.5) is 5.69 Å². The number of nitrogens with zero attached hydrogens (tertiary/aromatic N) is 1. The van der Waals surface area contributed by atoms with E-state index in [1.165, 1.54) is 63.5 Å². The van der Waals surface area contributed by atoms with Crippen LogP contribution in [-0.4, -0.2) is 23.6 Å². The van der Waals surface area contributed by atoms with Crippen molar-refractivity contribution in [3.63, 3.8) is 0 Å². The van der Waals surface area contributed by atoms with Crippen LogP contribution in [0.15, 0.2) is 35.9 Å². The van der Waals surface area contributed by atoms with E-state index in [0.717, 1.165) is 74.0 Å². The molecule has 0 spiro atoms. The highest BCUT2D eigenvalue weighted by Gasteiger charge is 2.59. The van der Waals surface area contributed by atoms with Crippen molar-refractivity contribution in [3.8, 4) is 5.75 Å². The fourth-order valence-corrected chi connectivity index (χ4v) is 10.4. The number of hydrogen-bond acceptors (Lipinski definition) is 5. The molecule has 1 aromatic rings. The van der Waals surface area contributed by atoms with Crippen molar-refractivity contribution in [1.29, 1.82) is 0 Å². The molecule has 0 heterocycles. The smallest absolute Gasteiger partial charge is 0.306 e. The van der Waals surface area contributed by atoms with Gasteiger partial charge in [-0.15, -0.1) is 0 Å². The lowest BCUT2D eigenvalue weighted by atomic mass is 9.47. The van der Waals surface area contributed by atoms with Crippen molar-refractivity contribution < 1.29 is 19.2 Å². The Morgan fingerprint density at radius 3 is 2.47 bits per heavy atom. The first-order chi connectivity index (χ1) is 21.5. The lowest BCUT2D eigenvalue weighted by molar-refractivity contribution is -0.384. The fraction of sp³-hybridized carbons (Fsp3) is 0.769. The van der Waals surface area contributed by atoms with Crippen LogP contribution < -0.4 is 4.74 Å². The molecule has 3 saturated carbocycles. The number of nitro groups is 1. The molecule has 0 saturated heterocycles. The molecule has 5 rings (SSSR count). The number of allylic oxidation sites excluding steroid dienone is 1. The van der Waals surface area contributed by atoms with Crippen molar-refractivity contribution in [2.45, 2.75) is 137 Å². The number of carbonyl (C=O) groups excluding carboxylic acids is 1. The third-order valence-corrected chi connectivity index (χ3v) is 12.9. The lowest BCUT2D eigenvalue weighted by Gasteiger charge is -2.58. The molecule has 8 atom stereocenters. The lowest BCUT2D eigenvalue weighted by Crippen LogP contribution is -2.51. The van der Waals surface area contributed by atoms with Gasteiger partial charge in [0.05, 0.1) is 11.5 Å². The molecular formula is C39H59NO5. The van der Waals surface area contributed by atoms with Crippen molar-refractivity contribution in [3.05, 3.63) is 46.0 Å². The van der Waals surface area contributed by atoms with Gasteiger partial charge in [0.25, 0.3) is 5.69 Å². The molecule has 0 bridgehead atoms. The molecule has 6 heteroatoms. The summed E-state index contributed by atoms with van der Waals surface area (Å²) in [4.78, 5) is 23.1. The minimum atomic E-state index is -0.415. The maximum absolute atomic E-state index is 12.7. The minimum absolute atomic E-state index is 0.0234. The van der Waals surface area contributed by atoms with E-state index < -0.39 is 4.92 Å². The van der Waals surface area contributed by atoms with Crippen LogP contribution in [0.3, 0.4) is 0 Å². The first kappa shape index (κ1) is 34.0. The molecule has 4 aliphatic carbocycles. The summed E-state index contributed by atoms with van der Waals surface area (Å²) in [6.07, 6.45) is 19.7. The van der Waals surface area contributed by atoms with Crippen molar-refractivity contribution in [2.75, 3.05) is 6.61 Å². The average molecular weight is 622 g/mol. The van der Waals surface area contributed by atoms with Crippen LogP contribution in [-0.2, 0) is 9.53 Å². The number of ether oxygens (including phenoxy) is 2.